The SMILES string of the molecule is CC(=O)c1c(C)n(-c2ccccc2)c2ccc(OCc3nnc(C)o3)cc12. The zero-order chi connectivity index (χ0) is 19.0. The van der Waals surface area contributed by atoms with Crippen molar-refractivity contribution in [3.05, 3.63) is 71.6 Å². The zero-order valence-electron chi connectivity index (χ0n) is 15.4. The highest BCUT2D eigenvalue weighted by Gasteiger charge is 2.19. The van der Waals surface area contributed by atoms with Crippen LogP contribution in [-0.2, 0) is 6.61 Å². The molecule has 4 rings (SSSR count). The van der Waals surface area contributed by atoms with Gasteiger partial charge in [-0.25, -0.2) is 0 Å². The highest BCUT2D eigenvalue weighted by Crippen LogP contribution is 2.32. The molecule has 0 aliphatic carbocycles. The number of ether oxygens (including phenoxy) is 1. The van der Waals surface area contributed by atoms with Crippen LogP contribution < -0.4 is 4.74 Å². The predicted octanol–water partition coefficient (Wildman–Crippen LogP) is 4.41. The smallest absolute Gasteiger partial charge is 0.253 e. The number of hydrogen-bond acceptors (Lipinski definition) is 5. The number of para-hydroxylation sites is 1. The van der Waals surface area contributed by atoms with Crippen molar-refractivity contribution in [1.29, 1.82) is 0 Å². The third-order valence-electron chi connectivity index (χ3n) is 4.47. The van der Waals surface area contributed by atoms with Crippen molar-refractivity contribution >= 4 is 16.7 Å². The van der Waals surface area contributed by atoms with Crippen LogP contribution in [0.25, 0.3) is 16.6 Å². The first-order valence-electron chi connectivity index (χ1n) is 8.68. The van der Waals surface area contributed by atoms with Gasteiger partial charge in [-0.3, -0.25) is 4.79 Å². The van der Waals surface area contributed by atoms with Crippen LogP contribution in [0.2, 0.25) is 0 Å². The van der Waals surface area contributed by atoms with E-state index in [-0.39, 0.29) is 12.4 Å². The molecule has 4 aromatic rings. The second-order valence-electron chi connectivity index (χ2n) is 6.37. The van der Waals surface area contributed by atoms with Gasteiger partial charge in [0, 0.05) is 29.3 Å². The molecule has 6 nitrogen and oxygen atoms in total. The van der Waals surface area contributed by atoms with E-state index < -0.39 is 0 Å². The normalized spacial score (nSPS) is 11.1. The summed E-state index contributed by atoms with van der Waals surface area (Å²) < 4.78 is 13.2. The first-order chi connectivity index (χ1) is 13.0. The predicted molar refractivity (Wildman–Crippen MR) is 101 cm³/mol. The number of hydrogen-bond donors (Lipinski definition) is 0. The summed E-state index contributed by atoms with van der Waals surface area (Å²) in [6.07, 6.45) is 0. The van der Waals surface area contributed by atoms with E-state index >= 15 is 0 Å². The molecule has 0 fully saturated rings. The number of rotatable bonds is 5. The van der Waals surface area contributed by atoms with E-state index in [1.807, 2.05) is 55.5 Å². The Kier molecular flexibility index (Phi) is 4.24. The largest absolute Gasteiger partial charge is 0.484 e. The molecule has 0 aliphatic rings. The fourth-order valence-corrected chi connectivity index (χ4v) is 3.38. The van der Waals surface area contributed by atoms with E-state index in [4.69, 9.17) is 9.15 Å². The highest BCUT2D eigenvalue weighted by molar-refractivity contribution is 6.09. The van der Waals surface area contributed by atoms with Crippen LogP contribution >= 0.6 is 0 Å². The van der Waals surface area contributed by atoms with E-state index in [1.54, 1.807) is 13.8 Å². The van der Waals surface area contributed by atoms with E-state index in [1.165, 1.54) is 0 Å². The van der Waals surface area contributed by atoms with Crippen molar-refractivity contribution < 1.29 is 13.9 Å². The average Bonchev–Trinajstić information content (AvgIpc) is 3.20. The molecule has 0 bridgehead atoms. The second-order valence-corrected chi connectivity index (χ2v) is 6.37. The van der Waals surface area contributed by atoms with Crippen LogP contribution in [0.4, 0.5) is 0 Å². The van der Waals surface area contributed by atoms with Gasteiger partial charge in [0.15, 0.2) is 12.4 Å². The minimum atomic E-state index is 0.0249. The maximum Gasteiger partial charge on any atom is 0.253 e. The molecular formula is C21H19N3O3. The number of Topliss-reactive ketones (excluding diaryl/α,β-unsaturated/α-hetero) is 1. The van der Waals surface area contributed by atoms with Crippen LogP contribution in [0, 0.1) is 13.8 Å². The minimum Gasteiger partial charge on any atom is -0.484 e. The number of carbonyl (C=O) groups is 1. The molecule has 0 unspecified atom stereocenters. The van der Waals surface area contributed by atoms with Crippen molar-refractivity contribution in [2.45, 2.75) is 27.4 Å². The number of benzene rings is 2. The van der Waals surface area contributed by atoms with E-state index in [2.05, 4.69) is 14.8 Å². The number of fused-ring (bicyclic) bond motifs is 1. The molecule has 0 N–H and O–H groups in total. The van der Waals surface area contributed by atoms with Crippen LogP contribution in [0.15, 0.2) is 52.9 Å². The van der Waals surface area contributed by atoms with Crippen molar-refractivity contribution in [2.75, 3.05) is 0 Å². The molecule has 0 atom stereocenters. The number of aryl methyl sites for hydroxylation is 1. The molecule has 2 heterocycles. The summed E-state index contributed by atoms with van der Waals surface area (Å²) in [4.78, 5) is 12.3. The Balaban J connectivity index is 1.78. The zero-order valence-corrected chi connectivity index (χ0v) is 15.4. The third-order valence-corrected chi connectivity index (χ3v) is 4.47. The number of ketones is 1. The molecule has 2 aromatic heterocycles. The van der Waals surface area contributed by atoms with Gasteiger partial charge in [0.25, 0.3) is 5.89 Å². The lowest BCUT2D eigenvalue weighted by atomic mass is 10.1. The summed E-state index contributed by atoms with van der Waals surface area (Å²) in [6, 6.07) is 15.7. The van der Waals surface area contributed by atoms with Gasteiger partial charge in [-0.2, -0.15) is 0 Å². The Hall–Kier alpha value is -3.41. The first-order valence-corrected chi connectivity index (χ1v) is 8.68. The molecule has 136 valence electrons. The quantitative estimate of drug-likeness (QED) is 0.492. The standard InChI is InChI=1S/C21H19N3O3/c1-13-21(14(2)25)18-11-17(26-12-20-23-22-15(3)27-20)9-10-19(18)24(13)16-7-5-4-6-8-16/h4-11H,12H2,1-3H3. The Bertz CT molecular complexity index is 1130. The summed E-state index contributed by atoms with van der Waals surface area (Å²) in [6.45, 7) is 5.47. The van der Waals surface area contributed by atoms with Gasteiger partial charge in [0.2, 0.25) is 5.89 Å². The lowest BCUT2D eigenvalue weighted by Crippen LogP contribution is -1.99. The fourth-order valence-electron chi connectivity index (χ4n) is 3.38. The summed E-state index contributed by atoms with van der Waals surface area (Å²) in [5.74, 6) is 1.58. The molecule has 27 heavy (non-hydrogen) atoms. The highest BCUT2D eigenvalue weighted by atomic mass is 16.5. The van der Waals surface area contributed by atoms with Crippen molar-refractivity contribution in [1.82, 2.24) is 14.8 Å². The van der Waals surface area contributed by atoms with Gasteiger partial charge in [0.05, 0.1) is 5.52 Å². The maximum atomic E-state index is 12.3. The molecule has 0 aliphatic heterocycles. The Morgan fingerprint density at radius 2 is 1.89 bits per heavy atom. The van der Waals surface area contributed by atoms with Gasteiger partial charge in [-0.05, 0) is 44.2 Å². The Morgan fingerprint density at radius 3 is 2.56 bits per heavy atom. The summed E-state index contributed by atoms with van der Waals surface area (Å²) in [5.41, 5.74) is 3.59. The van der Waals surface area contributed by atoms with Gasteiger partial charge >= 0.3 is 0 Å². The molecule has 0 saturated heterocycles. The molecule has 0 spiro atoms. The van der Waals surface area contributed by atoms with Gasteiger partial charge < -0.3 is 13.7 Å². The molecule has 0 amide bonds. The molecular weight excluding hydrogens is 342 g/mol. The Morgan fingerprint density at radius 1 is 1.11 bits per heavy atom. The van der Waals surface area contributed by atoms with Crippen LogP contribution in [0.1, 0.15) is 34.8 Å². The topological polar surface area (TPSA) is 70.2 Å². The van der Waals surface area contributed by atoms with E-state index in [0.717, 1.165) is 22.3 Å². The lowest BCUT2D eigenvalue weighted by molar-refractivity contribution is 0.101. The third kappa shape index (κ3) is 3.10. The van der Waals surface area contributed by atoms with Crippen molar-refractivity contribution in [3.8, 4) is 11.4 Å². The summed E-state index contributed by atoms with van der Waals surface area (Å²) >= 11 is 0. The molecule has 0 saturated carbocycles. The minimum absolute atomic E-state index is 0.0249. The van der Waals surface area contributed by atoms with Gasteiger partial charge in [-0.15, -0.1) is 10.2 Å². The van der Waals surface area contributed by atoms with Gasteiger partial charge in [0.1, 0.15) is 5.75 Å². The monoisotopic (exact) mass is 361 g/mol. The fraction of sp³-hybridized carbons (Fsp3) is 0.190. The number of carbonyl (C=O) groups excluding carboxylic acids is 1. The lowest BCUT2D eigenvalue weighted by Gasteiger charge is -2.09. The van der Waals surface area contributed by atoms with Crippen molar-refractivity contribution in [2.24, 2.45) is 0 Å². The summed E-state index contributed by atoms with van der Waals surface area (Å²) in [5, 5.41) is 8.58. The molecule has 2 aromatic carbocycles. The Labute approximate surface area is 156 Å². The van der Waals surface area contributed by atoms with E-state index in [0.29, 0.717) is 23.1 Å². The average molecular weight is 361 g/mol. The van der Waals surface area contributed by atoms with Crippen LogP contribution in [-0.4, -0.2) is 20.5 Å². The molecule has 6 heteroatoms. The first kappa shape index (κ1) is 17.0. The summed E-state index contributed by atoms with van der Waals surface area (Å²) in [7, 11) is 0. The van der Waals surface area contributed by atoms with Crippen LogP contribution in [0.5, 0.6) is 5.75 Å². The second kappa shape index (κ2) is 6.72. The number of aromatic nitrogens is 3. The van der Waals surface area contributed by atoms with E-state index in [9.17, 15) is 4.79 Å². The van der Waals surface area contributed by atoms with Crippen molar-refractivity contribution in [3.63, 3.8) is 0 Å². The molecule has 0 radical (unpaired) electrons. The maximum absolute atomic E-state index is 12.3. The number of nitrogens with zero attached hydrogens (tertiary/aromatic N) is 3. The van der Waals surface area contributed by atoms with Crippen LogP contribution in [0.3, 0.4) is 0 Å². The van der Waals surface area contributed by atoms with Gasteiger partial charge in [-0.1, -0.05) is 18.2 Å².